The van der Waals surface area contributed by atoms with Crippen molar-refractivity contribution in [3.8, 4) is 0 Å². The maximum atomic E-state index is 13.0. The fourth-order valence-electron chi connectivity index (χ4n) is 4.24. The molecule has 27 heavy (non-hydrogen) atoms. The van der Waals surface area contributed by atoms with Crippen LogP contribution in [0.15, 0.2) is 24.3 Å². The zero-order valence-electron chi connectivity index (χ0n) is 16.4. The van der Waals surface area contributed by atoms with E-state index in [-0.39, 0.29) is 30.3 Å². The lowest BCUT2D eigenvalue weighted by Crippen LogP contribution is -2.54. The molecule has 3 atom stereocenters. The van der Waals surface area contributed by atoms with Crippen molar-refractivity contribution in [3.63, 3.8) is 0 Å². The van der Waals surface area contributed by atoms with Crippen LogP contribution < -0.4 is 10.6 Å². The van der Waals surface area contributed by atoms with Gasteiger partial charge in [0, 0.05) is 0 Å². The lowest BCUT2D eigenvalue weighted by atomic mass is 9.73. The summed E-state index contributed by atoms with van der Waals surface area (Å²) in [6.07, 6.45) is 4.29. The average molecular weight is 371 g/mol. The third-order valence-corrected chi connectivity index (χ3v) is 6.03. The highest BCUT2D eigenvalue weighted by molar-refractivity contribution is 6.09. The Morgan fingerprint density at radius 1 is 1.30 bits per heavy atom. The van der Waals surface area contributed by atoms with Crippen LogP contribution in [0.4, 0.5) is 4.79 Å². The summed E-state index contributed by atoms with van der Waals surface area (Å²) in [6, 6.07) is 7.42. The van der Waals surface area contributed by atoms with E-state index >= 15 is 0 Å². The summed E-state index contributed by atoms with van der Waals surface area (Å²) in [7, 11) is 0. The molecule has 1 saturated carbocycles. The molecule has 2 N–H and O–H groups in total. The monoisotopic (exact) mass is 371 g/mol. The van der Waals surface area contributed by atoms with Gasteiger partial charge in [0.25, 0.3) is 5.91 Å². The first-order valence-corrected chi connectivity index (χ1v) is 9.87. The first kappa shape index (κ1) is 19.4. The van der Waals surface area contributed by atoms with Crippen LogP contribution in [0.3, 0.4) is 0 Å². The highest BCUT2D eigenvalue weighted by atomic mass is 16.2. The van der Waals surface area contributed by atoms with Crippen molar-refractivity contribution in [1.29, 1.82) is 0 Å². The van der Waals surface area contributed by atoms with Crippen LogP contribution in [0.2, 0.25) is 0 Å². The minimum Gasteiger partial charge on any atom is -0.348 e. The Morgan fingerprint density at radius 3 is 2.63 bits per heavy atom. The van der Waals surface area contributed by atoms with Crippen molar-refractivity contribution in [2.75, 3.05) is 6.54 Å². The molecule has 1 aliphatic heterocycles. The topological polar surface area (TPSA) is 78.5 Å². The van der Waals surface area contributed by atoms with Gasteiger partial charge in [0.1, 0.15) is 12.1 Å². The summed E-state index contributed by atoms with van der Waals surface area (Å²) >= 11 is 0. The molecule has 1 aromatic rings. The predicted molar refractivity (Wildman–Crippen MR) is 103 cm³/mol. The standard InChI is InChI=1S/C21H29N3O3/c1-4-17(16-10-8-14(2)9-11-16)22-18(25)13-24-19(26)21(23-20(24)27)12-6-5-7-15(21)3/h8-11,15,17H,4-7,12-13H2,1-3H3,(H,22,25)(H,23,27)/t15-,17+,21-/m0/s1. The second kappa shape index (κ2) is 7.71. The number of nitrogens with zero attached hydrogens (tertiary/aromatic N) is 1. The van der Waals surface area contributed by atoms with Gasteiger partial charge in [-0.1, -0.05) is 56.5 Å². The van der Waals surface area contributed by atoms with Crippen LogP contribution >= 0.6 is 0 Å². The number of urea groups is 1. The third-order valence-electron chi connectivity index (χ3n) is 6.03. The minimum atomic E-state index is -0.823. The van der Waals surface area contributed by atoms with E-state index in [0.29, 0.717) is 6.42 Å². The van der Waals surface area contributed by atoms with E-state index in [2.05, 4.69) is 10.6 Å². The fraction of sp³-hybridized carbons (Fsp3) is 0.571. The molecule has 2 aliphatic rings. The van der Waals surface area contributed by atoms with Crippen LogP contribution in [0.5, 0.6) is 0 Å². The molecule has 146 valence electrons. The second-order valence-electron chi connectivity index (χ2n) is 7.88. The highest BCUT2D eigenvalue weighted by Gasteiger charge is 2.55. The van der Waals surface area contributed by atoms with Gasteiger partial charge in [-0.3, -0.25) is 14.5 Å². The van der Waals surface area contributed by atoms with Gasteiger partial charge in [0.15, 0.2) is 0 Å². The van der Waals surface area contributed by atoms with E-state index in [4.69, 9.17) is 0 Å². The molecule has 2 fully saturated rings. The Balaban J connectivity index is 1.67. The lowest BCUT2D eigenvalue weighted by molar-refractivity contribution is -0.137. The summed E-state index contributed by atoms with van der Waals surface area (Å²) in [6.45, 7) is 5.78. The van der Waals surface area contributed by atoms with Crippen LogP contribution in [0.25, 0.3) is 0 Å². The summed E-state index contributed by atoms with van der Waals surface area (Å²) < 4.78 is 0. The van der Waals surface area contributed by atoms with Gasteiger partial charge in [-0.2, -0.15) is 0 Å². The fourth-order valence-corrected chi connectivity index (χ4v) is 4.24. The second-order valence-corrected chi connectivity index (χ2v) is 7.88. The number of imide groups is 1. The number of amides is 4. The summed E-state index contributed by atoms with van der Waals surface area (Å²) in [5, 5.41) is 5.85. The average Bonchev–Trinajstić information content (AvgIpc) is 2.88. The number of hydrogen-bond acceptors (Lipinski definition) is 3. The highest BCUT2D eigenvalue weighted by Crippen LogP contribution is 2.38. The first-order valence-electron chi connectivity index (χ1n) is 9.87. The molecule has 1 aromatic carbocycles. The minimum absolute atomic E-state index is 0.0895. The predicted octanol–water partition coefficient (Wildman–Crippen LogP) is 3.06. The van der Waals surface area contributed by atoms with E-state index in [0.717, 1.165) is 41.7 Å². The Hall–Kier alpha value is -2.37. The Kier molecular flexibility index (Phi) is 5.53. The normalized spacial score (nSPS) is 26.2. The number of carbonyl (C=O) groups excluding carboxylic acids is 3. The van der Waals surface area contributed by atoms with Crippen LogP contribution in [-0.4, -0.2) is 34.8 Å². The number of rotatable bonds is 5. The quantitative estimate of drug-likeness (QED) is 0.781. The molecule has 0 aromatic heterocycles. The van der Waals surface area contributed by atoms with Crippen molar-refractivity contribution in [2.45, 2.75) is 64.5 Å². The van der Waals surface area contributed by atoms with Crippen LogP contribution in [0, 0.1) is 12.8 Å². The van der Waals surface area contributed by atoms with E-state index in [9.17, 15) is 14.4 Å². The summed E-state index contributed by atoms with van der Waals surface area (Å²) in [5.41, 5.74) is 1.36. The molecule has 0 bridgehead atoms. The van der Waals surface area contributed by atoms with Crippen LogP contribution in [-0.2, 0) is 9.59 Å². The molecular weight excluding hydrogens is 342 g/mol. The molecule has 0 unspecified atom stereocenters. The van der Waals surface area contributed by atoms with Gasteiger partial charge in [-0.05, 0) is 37.7 Å². The molecule has 6 heteroatoms. The summed E-state index contributed by atoms with van der Waals surface area (Å²) in [4.78, 5) is 39.0. The summed E-state index contributed by atoms with van der Waals surface area (Å²) in [5.74, 6) is -0.476. The molecule has 0 radical (unpaired) electrons. The number of carbonyl (C=O) groups is 3. The molecule has 1 heterocycles. The van der Waals surface area contributed by atoms with Gasteiger partial charge >= 0.3 is 6.03 Å². The SMILES string of the molecule is CC[C@@H](NC(=O)CN1C(=O)N[C@]2(CCCC[C@@H]2C)C1=O)c1ccc(C)cc1. The van der Waals surface area contributed by atoms with Gasteiger partial charge < -0.3 is 10.6 Å². The third kappa shape index (κ3) is 3.70. The maximum Gasteiger partial charge on any atom is 0.325 e. The van der Waals surface area contributed by atoms with E-state index in [1.54, 1.807) is 0 Å². The zero-order valence-corrected chi connectivity index (χ0v) is 16.4. The van der Waals surface area contributed by atoms with E-state index < -0.39 is 11.6 Å². The van der Waals surface area contributed by atoms with Gasteiger partial charge in [0.2, 0.25) is 5.91 Å². The van der Waals surface area contributed by atoms with Gasteiger partial charge in [0.05, 0.1) is 6.04 Å². The molecule has 1 aliphatic carbocycles. The van der Waals surface area contributed by atoms with Crippen molar-refractivity contribution in [2.24, 2.45) is 5.92 Å². The van der Waals surface area contributed by atoms with Crippen molar-refractivity contribution in [3.05, 3.63) is 35.4 Å². The van der Waals surface area contributed by atoms with Crippen molar-refractivity contribution in [1.82, 2.24) is 15.5 Å². The Bertz CT molecular complexity index is 731. The maximum absolute atomic E-state index is 13.0. The number of aryl methyl sites for hydroxylation is 1. The van der Waals surface area contributed by atoms with Crippen molar-refractivity contribution < 1.29 is 14.4 Å². The van der Waals surface area contributed by atoms with Crippen LogP contribution in [0.1, 0.15) is 63.1 Å². The van der Waals surface area contributed by atoms with Gasteiger partial charge in [-0.15, -0.1) is 0 Å². The molecule has 4 amide bonds. The van der Waals surface area contributed by atoms with Gasteiger partial charge in [-0.25, -0.2) is 4.79 Å². The largest absolute Gasteiger partial charge is 0.348 e. The van der Waals surface area contributed by atoms with E-state index in [1.807, 2.05) is 45.0 Å². The van der Waals surface area contributed by atoms with Crippen molar-refractivity contribution >= 4 is 17.8 Å². The molecule has 6 nitrogen and oxygen atoms in total. The molecule has 3 rings (SSSR count). The zero-order chi connectivity index (χ0) is 19.6. The number of nitrogens with one attached hydrogen (secondary N) is 2. The molecule has 1 spiro atoms. The van der Waals surface area contributed by atoms with E-state index in [1.165, 1.54) is 0 Å². The number of benzene rings is 1. The number of hydrogen-bond donors (Lipinski definition) is 2. The molecule has 1 saturated heterocycles. The lowest BCUT2D eigenvalue weighted by Gasteiger charge is -2.36. The Morgan fingerprint density at radius 2 is 2.00 bits per heavy atom. The molecular formula is C21H29N3O3. The smallest absolute Gasteiger partial charge is 0.325 e. The first-order chi connectivity index (χ1) is 12.9. The Labute approximate surface area is 160 Å².